The largest absolute Gasteiger partial charge is 0.462 e. The molecule has 0 N–H and O–H groups in total. The number of nitriles is 1. The van der Waals surface area contributed by atoms with E-state index in [0.717, 1.165) is 20.9 Å². The predicted molar refractivity (Wildman–Crippen MR) is 155 cm³/mol. The van der Waals surface area contributed by atoms with Crippen LogP contribution in [-0.2, 0) is 31.2 Å². The maximum absolute atomic E-state index is 13.5. The monoisotopic (exact) mass is 588 g/mol. The van der Waals surface area contributed by atoms with E-state index in [2.05, 4.69) is 86.5 Å². The van der Waals surface area contributed by atoms with Crippen molar-refractivity contribution in [3.8, 4) is 6.07 Å². The van der Waals surface area contributed by atoms with Crippen LogP contribution in [0, 0.1) is 17.2 Å². The Morgan fingerprint density at radius 2 is 1.86 bits per heavy atom. The van der Waals surface area contributed by atoms with E-state index in [1.54, 1.807) is 6.08 Å². The lowest BCUT2D eigenvalue weighted by molar-refractivity contribution is -0.139. The fraction of sp³-hybridized carbons (Fsp3) is 0.552. The maximum Gasteiger partial charge on any atom is 0.302 e. The molecule has 6 nitrogen and oxygen atoms in total. The van der Waals surface area contributed by atoms with Crippen LogP contribution in [0.4, 0.5) is 0 Å². The van der Waals surface area contributed by atoms with Gasteiger partial charge in [-0.15, -0.1) is 0 Å². The third-order valence-electron chi connectivity index (χ3n) is 7.62. The van der Waals surface area contributed by atoms with Crippen molar-refractivity contribution >= 4 is 46.9 Å². The van der Waals surface area contributed by atoms with Crippen LogP contribution in [0.2, 0.25) is 18.1 Å². The van der Waals surface area contributed by atoms with Crippen molar-refractivity contribution in [3.05, 3.63) is 46.6 Å². The summed E-state index contributed by atoms with van der Waals surface area (Å²) in [5.74, 6) is -0.928. The second-order valence-corrected chi connectivity index (χ2v) is 17.4. The van der Waals surface area contributed by atoms with E-state index in [1.165, 1.54) is 6.92 Å². The van der Waals surface area contributed by atoms with Crippen molar-refractivity contribution in [1.29, 1.82) is 5.26 Å². The first-order chi connectivity index (χ1) is 17.0. The van der Waals surface area contributed by atoms with Gasteiger partial charge in [-0.25, -0.2) is 0 Å². The highest BCUT2D eigenvalue weighted by Crippen LogP contribution is 2.44. The van der Waals surface area contributed by atoms with Gasteiger partial charge < -0.3 is 13.7 Å². The van der Waals surface area contributed by atoms with Crippen LogP contribution in [0.15, 0.2) is 41.0 Å². The SMILES string of the molecule is CC(=O)OC/C=C/[C@H](C[C@@H](C(=O)CC#N)C(C)(C)c1cn(C)c2cccc(Br)c12)O[Si](C)(C)C(C)(C)C. The lowest BCUT2D eigenvalue weighted by Gasteiger charge is -2.41. The number of ketones is 1. The molecule has 2 rings (SSSR count). The van der Waals surface area contributed by atoms with Crippen molar-refractivity contribution in [2.75, 3.05) is 6.61 Å². The molecule has 2 atom stereocenters. The molecule has 2 aromatic rings. The van der Waals surface area contributed by atoms with Gasteiger partial charge in [0.15, 0.2) is 14.1 Å². The molecule has 8 heteroatoms. The van der Waals surface area contributed by atoms with Crippen LogP contribution < -0.4 is 0 Å². The van der Waals surface area contributed by atoms with E-state index < -0.39 is 19.7 Å². The third-order valence-corrected chi connectivity index (χ3v) is 12.8. The average molecular weight is 590 g/mol. The smallest absolute Gasteiger partial charge is 0.302 e. The Kier molecular flexibility index (Phi) is 10.1. The molecular weight excluding hydrogens is 548 g/mol. The highest BCUT2D eigenvalue weighted by molar-refractivity contribution is 9.10. The zero-order chi connectivity index (χ0) is 28.2. The Morgan fingerprint density at radius 1 is 1.22 bits per heavy atom. The summed E-state index contributed by atoms with van der Waals surface area (Å²) in [4.78, 5) is 24.8. The molecule has 0 saturated carbocycles. The third kappa shape index (κ3) is 7.43. The molecule has 37 heavy (non-hydrogen) atoms. The minimum atomic E-state index is -2.20. The van der Waals surface area contributed by atoms with Gasteiger partial charge in [0.2, 0.25) is 0 Å². The number of esters is 1. The molecule has 0 saturated heterocycles. The summed E-state index contributed by atoms with van der Waals surface area (Å²) in [5, 5.41) is 10.5. The van der Waals surface area contributed by atoms with Gasteiger partial charge in [0, 0.05) is 46.9 Å². The quantitative estimate of drug-likeness (QED) is 0.157. The van der Waals surface area contributed by atoms with Gasteiger partial charge >= 0.3 is 5.97 Å². The first-order valence-corrected chi connectivity index (χ1v) is 16.3. The Bertz CT molecular complexity index is 1200. The molecule has 0 aliphatic rings. The number of aryl methyl sites for hydroxylation is 1. The summed E-state index contributed by atoms with van der Waals surface area (Å²) in [6, 6.07) is 8.13. The first-order valence-electron chi connectivity index (χ1n) is 12.6. The fourth-order valence-electron chi connectivity index (χ4n) is 4.43. The molecule has 0 amide bonds. The lowest BCUT2D eigenvalue weighted by atomic mass is 9.68. The number of rotatable bonds is 11. The van der Waals surface area contributed by atoms with E-state index in [9.17, 15) is 14.9 Å². The van der Waals surface area contributed by atoms with E-state index in [0.29, 0.717) is 6.42 Å². The molecule has 0 radical (unpaired) electrons. The van der Waals surface area contributed by atoms with Crippen LogP contribution in [0.5, 0.6) is 0 Å². The zero-order valence-electron chi connectivity index (χ0n) is 23.6. The Balaban J connectivity index is 2.58. The predicted octanol–water partition coefficient (Wildman–Crippen LogP) is 7.22. The summed E-state index contributed by atoms with van der Waals surface area (Å²) >= 11 is 3.71. The van der Waals surface area contributed by atoms with Gasteiger partial charge in [0.05, 0.1) is 18.6 Å². The number of benzene rings is 1. The van der Waals surface area contributed by atoms with Crippen molar-refractivity contribution < 1.29 is 18.8 Å². The Morgan fingerprint density at radius 3 is 2.43 bits per heavy atom. The molecule has 0 bridgehead atoms. The number of nitrogens with zero attached hydrogens (tertiary/aromatic N) is 2. The van der Waals surface area contributed by atoms with Crippen LogP contribution in [-0.4, -0.2) is 37.3 Å². The Hall–Kier alpha value is -2.21. The molecule has 0 unspecified atom stereocenters. The highest BCUT2D eigenvalue weighted by atomic mass is 79.9. The van der Waals surface area contributed by atoms with Gasteiger partial charge in [-0.3, -0.25) is 9.59 Å². The molecule has 0 aliphatic heterocycles. The molecule has 1 aromatic carbocycles. The standard InChI is InChI=1S/C29H41BrN2O4Si/c1-20(33)35-17-11-12-21(36-37(8,9)28(2,3)4)18-22(26(34)15-16-31)29(5,6)23-19-32(7)25-14-10-13-24(30)27(23)25/h10-14,19,21-22H,15,17-18H2,1-9H3/b12-11+/t21-,22+/m1/s1. The van der Waals surface area contributed by atoms with Gasteiger partial charge in [-0.2, -0.15) is 5.26 Å². The summed E-state index contributed by atoms with van der Waals surface area (Å²) in [6.07, 6.45) is 5.66. The van der Waals surface area contributed by atoms with Crippen molar-refractivity contribution in [2.24, 2.45) is 13.0 Å². The van der Waals surface area contributed by atoms with Gasteiger partial charge in [0.25, 0.3) is 0 Å². The topological polar surface area (TPSA) is 81.3 Å². The second-order valence-electron chi connectivity index (χ2n) is 11.7. The second kappa shape index (κ2) is 12.1. The van der Waals surface area contributed by atoms with Gasteiger partial charge in [-0.1, -0.05) is 62.7 Å². The molecule has 1 aromatic heterocycles. The van der Waals surface area contributed by atoms with Crippen LogP contribution in [0.1, 0.15) is 59.9 Å². The van der Waals surface area contributed by atoms with E-state index >= 15 is 0 Å². The number of halogens is 1. The van der Waals surface area contributed by atoms with E-state index in [4.69, 9.17) is 9.16 Å². The number of aromatic nitrogens is 1. The summed E-state index contributed by atoms with van der Waals surface area (Å²) in [6.45, 7) is 16.6. The van der Waals surface area contributed by atoms with Crippen molar-refractivity contribution in [3.63, 3.8) is 0 Å². The van der Waals surface area contributed by atoms with Crippen LogP contribution in [0.3, 0.4) is 0 Å². The molecule has 0 fully saturated rings. The van der Waals surface area contributed by atoms with Gasteiger partial charge in [-0.05, 0) is 48.3 Å². The van der Waals surface area contributed by atoms with Crippen LogP contribution in [0.25, 0.3) is 10.9 Å². The average Bonchev–Trinajstić information content (AvgIpc) is 3.12. The molecular formula is C29H41BrN2O4Si. The zero-order valence-corrected chi connectivity index (χ0v) is 26.2. The van der Waals surface area contributed by atoms with Crippen molar-refractivity contribution in [2.45, 2.75) is 84.0 Å². The Labute approximate surface area is 231 Å². The number of carbonyl (C=O) groups excluding carboxylic acids is 2. The summed E-state index contributed by atoms with van der Waals surface area (Å²) in [5.41, 5.74) is 1.53. The van der Waals surface area contributed by atoms with Crippen LogP contribution >= 0.6 is 15.9 Å². The van der Waals surface area contributed by atoms with E-state index in [-0.39, 0.29) is 35.9 Å². The van der Waals surface area contributed by atoms with Gasteiger partial charge in [0.1, 0.15) is 6.61 Å². The van der Waals surface area contributed by atoms with E-state index in [1.807, 2.05) is 25.3 Å². The molecule has 1 heterocycles. The lowest BCUT2D eigenvalue weighted by Crippen LogP contribution is -2.45. The molecule has 202 valence electrons. The minimum absolute atomic E-state index is 0.0306. The highest BCUT2D eigenvalue weighted by Gasteiger charge is 2.43. The fourth-order valence-corrected chi connectivity index (χ4v) is 6.29. The molecule has 0 aliphatic carbocycles. The normalized spacial score (nSPS) is 14.5. The number of fused-ring (bicyclic) bond motifs is 1. The number of ether oxygens (including phenoxy) is 1. The number of hydrogen-bond acceptors (Lipinski definition) is 5. The maximum atomic E-state index is 13.5. The summed E-state index contributed by atoms with van der Waals surface area (Å²) < 4.78 is 14.9. The number of Topliss-reactive ketones (excluding diaryl/α,β-unsaturated/α-hetero) is 1. The number of hydrogen-bond donors (Lipinski definition) is 0. The number of carbonyl (C=O) groups is 2. The first kappa shape index (κ1) is 31.0. The minimum Gasteiger partial charge on any atom is -0.462 e. The summed E-state index contributed by atoms with van der Waals surface area (Å²) in [7, 11) is -0.202. The van der Waals surface area contributed by atoms with Crippen molar-refractivity contribution in [1.82, 2.24) is 4.57 Å². The molecule has 0 spiro atoms.